The van der Waals surface area contributed by atoms with E-state index in [1.54, 1.807) is 42.5 Å². The lowest BCUT2D eigenvalue weighted by Gasteiger charge is -2.10. The fraction of sp³-hybridized carbons (Fsp3) is 0.0556. The molecule has 0 radical (unpaired) electrons. The van der Waals surface area contributed by atoms with Crippen molar-refractivity contribution >= 4 is 17.6 Å². The van der Waals surface area contributed by atoms with Crippen molar-refractivity contribution in [1.82, 2.24) is 4.90 Å². The molecule has 0 bridgehead atoms. The fourth-order valence-electron chi connectivity index (χ4n) is 2.56. The molecule has 2 aromatic carbocycles. The molecule has 0 saturated carbocycles. The molecule has 1 heterocycles. The number of hydrogen-bond donors (Lipinski definition) is 0. The summed E-state index contributed by atoms with van der Waals surface area (Å²) in [6.07, 6.45) is 1.49. The van der Waals surface area contributed by atoms with Crippen LogP contribution in [0.1, 0.15) is 36.6 Å². The van der Waals surface area contributed by atoms with E-state index in [4.69, 9.17) is 0 Å². The van der Waals surface area contributed by atoms with Gasteiger partial charge in [0.05, 0.1) is 11.1 Å². The Kier molecular flexibility index (Phi) is 3.43. The van der Waals surface area contributed by atoms with Gasteiger partial charge in [-0.25, -0.2) is 0 Å². The summed E-state index contributed by atoms with van der Waals surface area (Å²) in [6, 6.07) is 13.5. The highest BCUT2D eigenvalue weighted by molar-refractivity contribution is 6.26. The molecule has 2 aromatic rings. The molecule has 0 N–H and O–H groups in total. The summed E-state index contributed by atoms with van der Waals surface area (Å²) in [5.74, 6) is -1.10. The van der Waals surface area contributed by atoms with Gasteiger partial charge >= 0.3 is 0 Å². The SMILES string of the molecule is C=CCN1C(=O)c2cccc(C(=O)c3ccccc3)c2C1=O. The predicted octanol–water partition coefficient (Wildman–Crippen LogP) is 2.70. The maximum absolute atomic E-state index is 12.6. The molecule has 3 rings (SSSR count). The van der Waals surface area contributed by atoms with Crippen LogP contribution in [0.3, 0.4) is 0 Å². The Morgan fingerprint density at radius 1 is 1.00 bits per heavy atom. The number of rotatable bonds is 4. The van der Waals surface area contributed by atoms with Gasteiger partial charge in [-0.15, -0.1) is 6.58 Å². The first kappa shape index (κ1) is 13.9. The summed E-state index contributed by atoms with van der Waals surface area (Å²) < 4.78 is 0. The quantitative estimate of drug-likeness (QED) is 0.494. The van der Waals surface area contributed by atoms with Crippen molar-refractivity contribution < 1.29 is 14.4 Å². The van der Waals surface area contributed by atoms with Gasteiger partial charge in [0.15, 0.2) is 5.78 Å². The van der Waals surface area contributed by atoms with Crippen LogP contribution in [0.2, 0.25) is 0 Å². The van der Waals surface area contributed by atoms with Crippen LogP contribution in [0.5, 0.6) is 0 Å². The van der Waals surface area contributed by atoms with Gasteiger partial charge in [0.1, 0.15) is 0 Å². The Labute approximate surface area is 127 Å². The van der Waals surface area contributed by atoms with Crippen LogP contribution in [0.25, 0.3) is 0 Å². The van der Waals surface area contributed by atoms with Gasteiger partial charge < -0.3 is 0 Å². The molecular formula is C18H13NO3. The number of benzene rings is 2. The topological polar surface area (TPSA) is 54.5 Å². The Morgan fingerprint density at radius 2 is 1.73 bits per heavy atom. The highest BCUT2D eigenvalue weighted by atomic mass is 16.2. The van der Waals surface area contributed by atoms with Crippen molar-refractivity contribution in [2.24, 2.45) is 0 Å². The van der Waals surface area contributed by atoms with Crippen LogP contribution < -0.4 is 0 Å². The third-order valence-corrected chi connectivity index (χ3v) is 3.59. The van der Waals surface area contributed by atoms with Gasteiger partial charge in [-0.3, -0.25) is 19.3 Å². The highest BCUT2D eigenvalue weighted by Crippen LogP contribution is 2.27. The lowest BCUT2D eigenvalue weighted by Crippen LogP contribution is -2.29. The van der Waals surface area contributed by atoms with E-state index >= 15 is 0 Å². The molecule has 0 fully saturated rings. The maximum Gasteiger partial charge on any atom is 0.262 e. The number of fused-ring (bicyclic) bond motifs is 1. The van der Waals surface area contributed by atoms with E-state index in [2.05, 4.69) is 6.58 Å². The van der Waals surface area contributed by atoms with Gasteiger partial charge in [0.25, 0.3) is 11.8 Å². The summed E-state index contributed by atoms with van der Waals surface area (Å²) in [7, 11) is 0. The van der Waals surface area contributed by atoms with Crippen molar-refractivity contribution in [3.05, 3.63) is 83.4 Å². The van der Waals surface area contributed by atoms with Crippen molar-refractivity contribution in [1.29, 1.82) is 0 Å². The molecule has 108 valence electrons. The van der Waals surface area contributed by atoms with Gasteiger partial charge in [-0.1, -0.05) is 48.5 Å². The van der Waals surface area contributed by atoms with Crippen LogP contribution in [0.15, 0.2) is 61.2 Å². The minimum absolute atomic E-state index is 0.130. The molecule has 0 aliphatic carbocycles. The van der Waals surface area contributed by atoms with Gasteiger partial charge in [-0.05, 0) is 6.07 Å². The first-order valence-electron chi connectivity index (χ1n) is 6.85. The van der Waals surface area contributed by atoms with Crippen molar-refractivity contribution in [2.75, 3.05) is 6.54 Å². The van der Waals surface area contributed by atoms with Gasteiger partial charge in [0, 0.05) is 17.7 Å². The second kappa shape index (κ2) is 5.41. The standard InChI is InChI=1S/C18H13NO3/c1-2-11-19-17(21)14-10-6-9-13(15(14)18(19)22)16(20)12-7-4-3-5-8-12/h2-10H,1,11H2. The Morgan fingerprint density at radius 3 is 2.41 bits per heavy atom. The lowest BCUT2D eigenvalue weighted by molar-refractivity contribution is 0.0670. The predicted molar refractivity (Wildman–Crippen MR) is 81.9 cm³/mol. The van der Waals surface area contributed by atoms with Gasteiger partial charge in [0.2, 0.25) is 0 Å². The average molecular weight is 291 g/mol. The Balaban J connectivity index is 2.11. The first-order chi connectivity index (χ1) is 10.6. The van der Waals surface area contributed by atoms with E-state index < -0.39 is 5.91 Å². The minimum Gasteiger partial charge on any atom is -0.289 e. The van der Waals surface area contributed by atoms with Crippen LogP contribution in [-0.2, 0) is 0 Å². The number of ketones is 1. The Hall–Kier alpha value is -3.01. The lowest BCUT2D eigenvalue weighted by atomic mass is 9.96. The van der Waals surface area contributed by atoms with E-state index in [9.17, 15) is 14.4 Å². The third kappa shape index (κ3) is 2.05. The van der Waals surface area contributed by atoms with Crippen LogP contribution in [0, 0.1) is 0 Å². The molecule has 0 unspecified atom stereocenters. The van der Waals surface area contributed by atoms with Crippen molar-refractivity contribution in [3.8, 4) is 0 Å². The summed E-state index contributed by atoms with van der Waals surface area (Å²) >= 11 is 0. The zero-order valence-corrected chi connectivity index (χ0v) is 11.8. The molecular weight excluding hydrogens is 278 g/mol. The minimum atomic E-state index is -0.445. The maximum atomic E-state index is 12.6. The summed E-state index contributed by atoms with van der Waals surface area (Å²) in [5, 5.41) is 0. The smallest absolute Gasteiger partial charge is 0.262 e. The number of imide groups is 1. The summed E-state index contributed by atoms with van der Waals surface area (Å²) in [5.41, 5.74) is 1.20. The number of nitrogens with zero attached hydrogens (tertiary/aromatic N) is 1. The van der Waals surface area contributed by atoms with E-state index in [1.165, 1.54) is 6.08 Å². The normalized spacial score (nSPS) is 13.2. The molecule has 1 aliphatic rings. The zero-order valence-electron chi connectivity index (χ0n) is 11.8. The number of carbonyl (C=O) groups excluding carboxylic acids is 3. The molecule has 0 atom stereocenters. The fourth-order valence-corrected chi connectivity index (χ4v) is 2.56. The molecule has 0 aromatic heterocycles. The third-order valence-electron chi connectivity index (χ3n) is 3.59. The monoisotopic (exact) mass is 291 g/mol. The van der Waals surface area contributed by atoms with Gasteiger partial charge in [-0.2, -0.15) is 0 Å². The van der Waals surface area contributed by atoms with E-state index in [-0.39, 0.29) is 34.9 Å². The van der Waals surface area contributed by atoms with Crippen molar-refractivity contribution in [3.63, 3.8) is 0 Å². The zero-order chi connectivity index (χ0) is 15.7. The number of carbonyl (C=O) groups is 3. The molecule has 4 nitrogen and oxygen atoms in total. The second-order valence-electron chi connectivity index (χ2n) is 4.93. The van der Waals surface area contributed by atoms with E-state index in [0.717, 1.165) is 4.90 Å². The molecule has 2 amide bonds. The van der Waals surface area contributed by atoms with Crippen LogP contribution in [0.4, 0.5) is 0 Å². The largest absolute Gasteiger partial charge is 0.289 e. The average Bonchev–Trinajstić information content (AvgIpc) is 2.80. The summed E-state index contributed by atoms with van der Waals surface area (Å²) in [4.78, 5) is 38.4. The van der Waals surface area contributed by atoms with Crippen molar-refractivity contribution in [2.45, 2.75) is 0 Å². The molecule has 0 spiro atoms. The highest BCUT2D eigenvalue weighted by Gasteiger charge is 2.37. The summed E-state index contributed by atoms with van der Waals surface area (Å²) in [6.45, 7) is 3.68. The number of hydrogen-bond acceptors (Lipinski definition) is 3. The molecule has 4 heteroatoms. The number of amides is 2. The van der Waals surface area contributed by atoms with E-state index in [0.29, 0.717) is 5.56 Å². The Bertz CT molecular complexity index is 793. The second-order valence-corrected chi connectivity index (χ2v) is 4.93. The first-order valence-corrected chi connectivity index (χ1v) is 6.85. The molecule has 0 saturated heterocycles. The van der Waals surface area contributed by atoms with Crippen LogP contribution >= 0.6 is 0 Å². The molecule has 1 aliphatic heterocycles. The van der Waals surface area contributed by atoms with E-state index in [1.807, 2.05) is 6.07 Å². The molecule has 22 heavy (non-hydrogen) atoms. The van der Waals surface area contributed by atoms with Crippen LogP contribution in [-0.4, -0.2) is 29.0 Å².